The van der Waals surface area contributed by atoms with Crippen LogP contribution in [0.2, 0.25) is 0 Å². The standard InChI is InChI=1S/C25H25N5O6S/c1-5-35-25(32)20-21(27-30(4)22(20)17-9-7-6-8-10-17)23(31)26-18-11-13-19(14-12-18)37(33,34)29-24-15(2)16(3)28-36-24/h6-14,29H,5H2,1-4H3,(H,26,31). The van der Waals surface area contributed by atoms with Crippen LogP contribution in [-0.4, -0.2) is 41.8 Å². The smallest absolute Gasteiger partial charge is 0.342 e. The predicted molar refractivity (Wildman–Crippen MR) is 136 cm³/mol. The van der Waals surface area contributed by atoms with Crippen LogP contribution in [0.3, 0.4) is 0 Å². The van der Waals surface area contributed by atoms with Gasteiger partial charge in [0.15, 0.2) is 5.69 Å². The quantitative estimate of drug-likeness (QED) is 0.331. The Hall–Kier alpha value is -4.45. The SMILES string of the molecule is CCOC(=O)c1c(C(=O)Nc2ccc(S(=O)(=O)Nc3onc(C)c3C)cc2)nn(C)c1-c1ccccc1. The highest BCUT2D eigenvalue weighted by Gasteiger charge is 2.29. The van der Waals surface area contributed by atoms with E-state index in [0.29, 0.717) is 28.2 Å². The van der Waals surface area contributed by atoms with Gasteiger partial charge in [0.1, 0.15) is 5.56 Å². The molecule has 0 unspecified atom stereocenters. The van der Waals surface area contributed by atoms with Crippen molar-refractivity contribution in [2.75, 3.05) is 16.6 Å². The van der Waals surface area contributed by atoms with Crippen LogP contribution in [0.4, 0.5) is 11.6 Å². The van der Waals surface area contributed by atoms with E-state index in [1.54, 1.807) is 40.0 Å². The number of rotatable bonds is 8. The Morgan fingerprint density at radius 1 is 1.05 bits per heavy atom. The molecule has 0 spiro atoms. The van der Waals surface area contributed by atoms with Crippen molar-refractivity contribution in [2.24, 2.45) is 7.05 Å². The maximum Gasteiger partial charge on any atom is 0.342 e. The van der Waals surface area contributed by atoms with Crippen LogP contribution < -0.4 is 10.0 Å². The fourth-order valence-corrected chi connectivity index (χ4v) is 4.65. The van der Waals surface area contributed by atoms with Crippen molar-refractivity contribution in [2.45, 2.75) is 25.7 Å². The normalized spacial score (nSPS) is 11.2. The summed E-state index contributed by atoms with van der Waals surface area (Å²) < 4.78 is 39.5. The van der Waals surface area contributed by atoms with E-state index >= 15 is 0 Å². The monoisotopic (exact) mass is 523 g/mol. The van der Waals surface area contributed by atoms with Crippen LogP contribution in [-0.2, 0) is 21.8 Å². The Balaban J connectivity index is 1.60. The zero-order chi connectivity index (χ0) is 26.7. The minimum absolute atomic E-state index is 0.0331. The summed E-state index contributed by atoms with van der Waals surface area (Å²) in [6.07, 6.45) is 0. The van der Waals surface area contributed by atoms with E-state index in [4.69, 9.17) is 9.26 Å². The molecule has 2 aromatic carbocycles. The molecule has 0 atom stereocenters. The van der Waals surface area contributed by atoms with Gasteiger partial charge in [-0.1, -0.05) is 35.5 Å². The van der Waals surface area contributed by atoms with Crippen molar-refractivity contribution in [3.05, 3.63) is 77.1 Å². The highest BCUT2D eigenvalue weighted by atomic mass is 32.2. The second-order valence-corrected chi connectivity index (χ2v) is 9.77. The third kappa shape index (κ3) is 5.23. The zero-order valence-electron chi connectivity index (χ0n) is 20.6. The first-order valence-corrected chi connectivity index (χ1v) is 12.8. The van der Waals surface area contributed by atoms with E-state index in [2.05, 4.69) is 20.3 Å². The molecule has 2 N–H and O–H groups in total. The summed E-state index contributed by atoms with van der Waals surface area (Å²) in [7, 11) is -2.32. The van der Waals surface area contributed by atoms with Gasteiger partial charge in [0.25, 0.3) is 15.9 Å². The molecule has 0 aliphatic heterocycles. The molecule has 0 saturated carbocycles. The fourth-order valence-electron chi connectivity index (χ4n) is 3.61. The molecule has 0 radical (unpaired) electrons. The number of sulfonamides is 1. The number of aryl methyl sites for hydroxylation is 2. The van der Waals surface area contributed by atoms with Gasteiger partial charge in [-0.2, -0.15) is 5.10 Å². The lowest BCUT2D eigenvalue weighted by atomic mass is 10.1. The van der Waals surface area contributed by atoms with Gasteiger partial charge in [-0.3, -0.25) is 9.48 Å². The lowest BCUT2D eigenvalue weighted by Crippen LogP contribution is -2.18. The van der Waals surface area contributed by atoms with Crippen molar-refractivity contribution in [1.29, 1.82) is 0 Å². The van der Waals surface area contributed by atoms with E-state index in [0.717, 1.165) is 0 Å². The molecule has 4 aromatic rings. The molecule has 192 valence electrons. The van der Waals surface area contributed by atoms with Crippen LogP contribution in [0.25, 0.3) is 11.3 Å². The molecule has 0 fully saturated rings. The average molecular weight is 524 g/mol. The molecular weight excluding hydrogens is 498 g/mol. The molecule has 0 aliphatic carbocycles. The number of nitrogens with zero attached hydrogens (tertiary/aromatic N) is 3. The predicted octanol–water partition coefficient (Wildman–Crippen LogP) is 3.92. The van der Waals surface area contributed by atoms with Crippen LogP contribution in [0.5, 0.6) is 0 Å². The Bertz CT molecular complexity index is 1560. The number of aromatic nitrogens is 3. The van der Waals surface area contributed by atoms with Gasteiger partial charge < -0.3 is 14.6 Å². The minimum atomic E-state index is -3.95. The number of amides is 1. The lowest BCUT2D eigenvalue weighted by molar-refractivity contribution is 0.0524. The molecule has 0 bridgehead atoms. The maximum atomic E-state index is 13.2. The second kappa shape index (κ2) is 10.3. The van der Waals surface area contributed by atoms with Gasteiger partial charge in [-0.25, -0.2) is 17.9 Å². The van der Waals surface area contributed by atoms with Crippen molar-refractivity contribution >= 4 is 33.5 Å². The largest absolute Gasteiger partial charge is 0.462 e. The highest BCUT2D eigenvalue weighted by Crippen LogP contribution is 2.28. The molecule has 37 heavy (non-hydrogen) atoms. The summed E-state index contributed by atoms with van der Waals surface area (Å²) in [5.74, 6) is -1.29. The third-order valence-electron chi connectivity index (χ3n) is 5.60. The molecule has 1 amide bonds. The highest BCUT2D eigenvalue weighted by molar-refractivity contribution is 7.92. The first kappa shape index (κ1) is 25.6. The van der Waals surface area contributed by atoms with Crippen molar-refractivity contribution in [1.82, 2.24) is 14.9 Å². The van der Waals surface area contributed by atoms with E-state index in [-0.39, 0.29) is 28.6 Å². The minimum Gasteiger partial charge on any atom is -0.462 e. The first-order valence-electron chi connectivity index (χ1n) is 11.3. The van der Waals surface area contributed by atoms with E-state index < -0.39 is 21.9 Å². The summed E-state index contributed by atoms with van der Waals surface area (Å²) in [5.41, 5.74) is 2.51. The maximum absolute atomic E-state index is 13.2. The van der Waals surface area contributed by atoms with E-state index in [9.17, 15) is 18.0 Å². The third-order valence-corrected chi connectivity index (χ3v) is 6.94. The van der Waals surface area contributed by atoms with Gasteiger partial charge in [0.2, 0.25) is 5.88 Å². The Labute approximate surface area is 213 Å². The number of benzene rings is 2. The van der Waals surface area contributed by atoms with Gasteiger partial charge in [-0.15, -0.1) is 0 Å². The number of carbonyl (C=O) groups excluding carboxylic acids is 2. The van der Waals surface area contributed by atoms with Crippen molar-refractivity contribution < 1.29 is 27.3 Å². The first-order chi connectivity index (χ1) is 17.6. The fraction of sp³-hybridized carbons (Fsp3) is 0.200. The Morgan fingerprint density at radius 3 is 2.32 bits per heavy atom. The van der Waals surface area contributed by atoms with Gasteiger partial charge >= 0.3 is 5.97 Å². The molecule has 0 aliphatic rings. The Kier molecular flexibility index (Phi) is 7.11. The summed E-state index contributed by atoms with van der Waals surface area (Å²) in [4.78, 5) is 25.9. The second-order valence-electron chi connectivity index (χ2n) is 8.09. The number of hydrogen-bond donors (Lipinski definition) is 2. The molecule has 2 aromatic heterocycles. The summed E-state index contributed by atoms with van der Waals surface area (Å²) >= 11 is 0. The lowest BCUT2D eigenvalue weighted by Gasteiger charge is -2.09. The molecule has 0 saturated heterocycles. The number of anilines is 2. The summed E-state index contributed by atoms with van der Waals surface area (Å²) in [6, 6.07) is 14.6. The van der Waals surface area contributed by atoms with Crippen LogP contribution in [0, 0.1) is 13.8 Å². The molecule has 4 rings (SSSR count). The van der Waals surface area contributed by atoms with Crippen LogP contribution in [0.15, 0.2) is 64.0 Å². The van der Waals surface area contributed by atoms with Gasteiger partial charge in [0.05, 0.1) is 22.9 Å². The molecular formula is C25H25N5O6S. The van der Waals surface area contributed by atoms with E-state index in [1.165, 1.54) is 28.9 Å². The van der Waals surface area contributed by atoms with Crippen molar-refractivity contribution in [3.63, 3.8) is 0 Å². The number of hydrogen-bond acceptors (Lipinski definition) is 8. The summed E-state index contributed by atoms with van der Waals surface area (Å²) in [5, 5.41) is 10.7. The number of nitrogens with one attached hydrogen (secondary N) is 2. The van der Waals surface area contributed by atoms with Crippen LogP contribution >= 0.6 is 0 Å². The van der Waals surface area contributed by atoms with Gasteiger partial charge in [0, 0.05) is 23.9 Å². The van der Waals surface area contributed by atoms with Crippen molar-refractivity contribution in [3.8, 4) is 11.3 Å². The van der Waals surface area contributed by atoms with Crippen LogP contribution in [0.1, 0.15) is 39.0 Å². The van der Waals surface area contributed by atoms with E-state index in [1.807, 2.05) is 18.2 Å². The average Bonchev–Trinajstić information content (AvgIpc) is 3.39. The van der Waals surface area contributed by atoms with Gasteiger partial charge in [-0.05, 0) is 45.0 Å². The molecule has 12 heteroatoms. The zero-order valence-corrected chi connectivity index (χ0v) is 21.4. The number of ether oxygens (including phenoxy) is 1. The topological polar surface area (TPSA) is 145 Å². The molecule has 2 heterocycles. The molecule has 11 nitrogen and oxygen atoms in total. The number of esters is 1. The number of carbonyl (C=O) groups is 2. The Morgan fingerprint density at radius 2 is 1.73 bits per heavy atom. The summed E-state index contributed by atoms with van der Waals surface area (Å²) in [6.45, 7) is 5.19.